The zero-order valence-electron chi connectivity index (χ0n) is 7.78. The van der Waals surface area contributed by atoms with Crippen LogP contribution in [0.1, 0.15) is 5.56 Å². The highest BCUT2D eigenvalue weighted by Crippen LogP contribution is 2.23. The van der Waals surface area contributed by atoms with Gasteiger partial charge in [0.05, 0.1) is 22.3 Å². The van der Waals surface area contributed by atoms with Gasteiger partial charge in [-0.3, -0.25) is 4.72 Å². The monoisotopic (exact) mass is 245 g/mol. The predicted octanol–water partition coefficient (Wildman–Crippen LogP) is 1.09. The summed E-state index contributed by atoms with van der Waals surface area (Å²) in [5.74, 6) is 0. The molecule has 0 unspecified atom stereocenters. The van der Waals surface area contributed by atoms with Gasteiger partial charge in [-0.25, -0.2) is 4.72 Å². The van der Waals surface area contributed by atoms with Crippen LogP contribution in [-0.2, 0) is 10.2 Å². The largest absolute Gasteiger partial charge is 0.298 e. The van der Waals surface area contributed by atoms with Crippen LogP contribution in [0.5, 0.6) is 0 Å². The smallest absolute Gasteiger partial charge is 0.270 e. The standard InChI is InChI=1S/C8H8ClN3O2S/c1-11-15(13,14)12-8-3-2-6(5-10)4-7(8)9/h2-4,11-12H,1H3. The molecule has 0 saturated heterocycles. The Morgan fingerprint density at radius 1 is 1.47 bits per heavy atom. The Labute approximate surface area is 92.9 Å². The Morgan fingerprint density at radius 3 is 2.60 bits per heavy atom. The SMILES string of the molecule is CNS(=O)(=O)Nc1ccc(C#N)cc1Cl. The van der Waals surface area contributed by atoms with Crippen LogP contribution in [0.4, 0.5) is 5.69 Å². The Kier molecular flexibility index (Phi) is 3.52. The molecule has 0 amide bonds. The van der Waals surface area contributed by atoms with Crippen molar-refractivity contribution in [1.29, 1.82) is 5.26 Å². The van der Waals surface area contributed by atoms with Gasteiger partial charge in [-0.1, -0.05) is 11.6 Å². The van der Waals surface area contributed by atoms with E-state index in [2.05, 4.69) is 9.44 Å². The number of nitriles is 1. The molecule has 80 valence electrons. The normalized spacial score (nSPS) is 10.7. The Hall–Kier alpha value is -1.29. The summed E-state index contributed by atoms with van der Waals surface area (Å²) in [6.45, 7) is 0. The van der Waals surface area contributed by atoms with Crippen molar-refractivity contribution in [1.82, 2.24) is 4.72 Å². The number of nitrogens with zero attached hydrogens (tertiary/aromatic N) is 1. The topological polar surface area (TPSA) is 82.0 Å². The molecule has 1 aromatic rings. The molecule has 0 atom stereocenters. The minimum atomic E-state index is -3.58. The van der Waals surface area contributed by atoms with Gasteiger partial charge >= 0.3 is 0 Å². The second kappa shape index (κ2) is 4.49. The lowest BCUT2D eigenvalue weighted by atomic mass is 10.2. The molecule has 15 heavy (non-hydrogen) atoms. The molecule has 0 bridgehead atoms. The molecular weight excluding hydrogens is 238 g/mol. The lowest BCUT2D eigenvalue weighted by Crippen LogP contribution is -2.26. The third-order valence-corrected chi connectivity index (χ3v) is 2.95. The van der Waals surface area contributed by atoms with E-state index < -0.39 is 10.2 Å². The van der Waals surface area contributed by atoms with E-state index in [-0.39, 0.29) is 10.7 Å². The fourth-order valence-electron chi connectivity index (χ4n) is 0.863. The minimum absolute atomic E-state index is 0.174. The highest BCUT2D eigenvalue weighted by molar-refractivity contribution is 7.90. The first-order valence-electron chi connectivity index (χ1n) is 3.89. The second-order valence-corrected chi connectivity index (χ2v) is 4.64. The van der Waals surface area contributed by atoms with E-state index in [4.69, 9.17) is 16.9 Å². The second-order valence-electron chi connectivity index (χ2n) is 2.62. The first-order valence-corrected chi connectivity index (χ1v) is 5.75. The van der Waals surface area contributed by atoms with E-state index in [0.717, 1.165) is 0 Å². The van der Waals surface area contributed by atoms with Crippen LogP contribution in [0.25, 0.3) is 0 Å². The average Bonchev–Trinajstić information content (AvgIpc) is 2.21. The number of hydrogen-bond acceptors (Lipinski definition) is 3. The Balaban J connectivity index is 3.04. The molecule has 2 N–H and O–H groups in total. The summed E-state index contributed by atoms with van der Waals surface area (Å²) < 4.78 is 26.5. The number of hydrogen-bond donors (Lipinski definition) is 2. The molecule has 0 aromatic heterocycles. The van der Waals surface area contributed by atoms with Crippen molar-refractivity contribution in [2.45, 2.75) is 0 Å². The quantitative estimate of drug-likeness (QED) is 0.836. The summed E-state index contributed by atoms with van der Waals surface area (Å²) in [5, 5.41) is 8.75. The summed E-state index contributed by atoms with van der Waals surface area (Å²) in [6.07, 6.45) is 0. The average molecular weight is 246 g/mol. The number of nitrogens with one attached hydrogen (secondary N) is 2. The maximum Gasteiger partial charge on any atom is 0.298 e. The summed E-state index contributed by atoms with van der Waals surface area (Å²) in [5.41, 5.74) is 0.595. The third kappa shape index (κ3) is 3.09. The lowest BCUT2D eigenvalue weighted by Gasteiger charge is -2.07. The number of halogens is 1. The van der Waals surface area contributed by atoms with E-state index in [0.29, 0.717) is 5.56 Å². The molecular formula is C8H8ClN3O2S. The Bertz CT molecular complexity index is 507. The Morgan fingerprint density at radius 2 is 2.13 bits per heavy atom. The minimum Gasteiger partial charge on any atom is -0.270 e. The van der Waals surface area contributed by atoms with Crippen molar-refractivity contribution in [3.05, 3.63) is 28.8 Å². The van der Waals surface area contributed by atoms with Crippen molar-refractivity contribution < 1.29 is 8.42 Å². The number of anilines is 1. The molecule has 5 nitrogen and oxygen atoms in total. The third-order valence-electron chi connectivity index (χ3n) is 1.61. The van der Waals surface area contributed by atoms with Crippen LogP contribution in [-0.4, -0.2) is 15.5 Å². The van der Waals surface area contributed by atoms with Crippen LogP contribution in [0.15, 0.2) is 18.2 Å². The molecule has 1 rings (SSSR count). The number of benzene rings is 1. The summed E-state index contributed by atoms with van der Waals surface area (Å²) >= 11 is 5.77. The molecule has 0 radical (unpaired) electrons. The zero-order chi connectivity index (χ0) is 11.5. The molecule has 0 heterocycles. The van der Waals surface area contributed by atoms with Gasteiger partial charge in [0.1, 0.15) is 0 Å². The van der Waals surface area contributed by atoms with Gasteiger partial charge in [-0.15, -0.1) is 0 Å². The van der Waals surface area contributed by atoms with Crippen molar-refractivity contribution in [2.75, 3.05) is 11.8 Å². The van der Waals surface area contributed by atoms with Gasteiger partial charge in [0.25, 0.3) is 10.2 Å². The molecule has 0 saturated carbocycles. The van der Waals surface area contributed by atoms with Crippen molar-refractivity contribution in [3.8, 4) is 6.07 Å². The highest BCUT2D eigenvalue weighted by Gasteiger charge is 2.09. The first kappa shape index (κ1) is 11.8. The molecule has 0 aliphatic rings. The van der Waals surface area contributed by atoms with E-state index in [1.807, 2.05) is 6.07 Å². The van der Waals surface area contributed by atoms with Crippen molar-refractivity contribution in [3.63, 3.8) is 0 Å². The van der Waals surface area contributed by atoms with E-state index in [1.54, 1.807) is 0 Å². The molecule has 0 aliphatic heterocycles. The van der Waals surface area contributed by atoms with Crippen LogP contribution < -0.4 is 9.44 Å². The summed E-state index contributed by atoms with van der Waals surface area (Å²) in [4.78, 5) is 0. The molecule has 1 aromatic carbocycles. The van der Waals surface area contributed by atoms with Gasteiger partial charge < -0.3 is 0 Å². The molecule has 0 aliphatic carbocycles. The maximum atomic E-state index is 11.1. The van der Waals surface area contributed by atoms with Gasteiger partial charge in [-0.05, 0) is 18.2 Å². The van der Waals surface area contributed by atoms with Crippen LogP contribution >= 0.6 is 11.6 Å². The molecule has 0 fully saturated rings. The summed E-state index contributed by atoms with van der Waals surface area (Å²) in [6, 6.07) is 6.18. The predicted molar refractivity (Wildman–Crippen MR) is 57.8 cm³/mol. The first-order chi connectivity index (χ1) is 6.98. The van der Waals surface area contributed by atoms with Gasteiger partial charge in [-0.2, -0.15) is 13.7 Å². The van der Waals surface area contributed by atoms with Crippen LogP contribution in [0, 0.1) is 11.3 Å². The van der Waals surface area contributed by atoms with Gasteiger partial charge in [0.15, 0.2) is 0 Å². The van der Waals surface area contributed by atoms with Gasteiger partial charge in [0.2, 0.25) is 0 Å². The zero-order valence-corrected chi connectivity index (χ0v) is 9.35. The van der Waals surface area contributed by atoms with Crippen molar-refractivity contribution >= 4 is 27.5 Å². The number of rotatable bonds is 3. The summed E-state index contributed by atoms with van der Waals surface area (Å²) in [7, 11) is -2.30. The van der Waals surface area contributed by atoms with E-state index in [1.165, 1.54) is 25.2 Å². The fraction of sp³-hybridized carbons (Fsp3) is 0.125. The maximum absolute atomic E-state index is 11.1. The lowest BCUT2D eigenvalue weighted by molar-refractivity contribution is 0.593. The van der Waals surface area contributed by atoms with Crippen LogP contribution in [0.2, 0.25) is 5.02 Å². The van der Waals surface area contributed by atoms with Crippen molar-refractivity contribution in [2.24, 2.45) is 0 Å². The molecule has 0 spiro atoms. The van der Waals surface area contributed by atoms with Crippen LogP contribution in [0.3, 0.4) is 0 Å². The van der Waals surface area contributed by atoms with E-state index in [9.17, 15) is 8.42 Å². The van der Waals surface area contributed by atoms with Gasteiger partial charge in [0, 0.05) is 7.05 Å². The molecule has 7 heteroatoms. The fourth-order valence-corrected chi connectivity index (χ4v) is 1.72. The van der Waals surface area contributed by atoms with E-state index >= 15 is 0 Å². The highest BCUT2D eigenvalue weighted by atomic mass is 35.5.